The number of aromatic amines is 1. The summed E-state index contributed by atoms with van der Waals surface area (Å²) < 4.78 is 2.00. The van der Waals surface area contributed by atoms with E-state index in [-0.39, 0.29) is 40.6 Å². The minimum atomic E-state index is -0.0474. The van der Waals surface area contributed by atoms with Crippen molar-refractivity contribution in [3.8, 4) is 0 Å². The molecule has 0 saturated carbocycles. The molecular formula is C18H12Br2ClN2NaO2. The van der Waals surface area contributed by atoms with Crippen LogP contribution in [0.3, 0.4) is 0 Å². The van der Waals surface area contributed by atoms with E-state index in [1.165, 1.54) is 0 Å². The van der Waals surface area contributed by atoms with Crippen LogP contribution in [-0.2, 0) is 0 Å². The van der Waals surface area contributed by atoms with Crippen LogP contribution in [0.1, 0.15) is 0 Å². The Hall–Kier alpha value is -0.730. The van der Waals surface area contributed by atoms with E-state index < -0.39 is 0 Å². The first-order valence-electron chi connectivity index (χ1n) is 7.02. The van der Waals surface area contributed by atoms with Gasteiger partial charge in [0.1, 0.15) is 5.15 Å². The van der Waals surface area contributed by atoms with E-state index in [4.69, 9.17) is 11.6 Å². The van der Waals surface area contributed by atoms with Gasteiger partial charge in [-0.15, -0.1) is 0 Å². The molecule has 0 fully saturated rings. The van der Waals surface area contributed by atoms with Crippen LogP contribution < -0.4 is 35.1 Å². The van der Waals surface area contributed by atoms with Gasteiger partial charge in [0.25, 0.3) is 5.56 Å². The van der Waals surface area contributed by atoms with Crippen LogP contribution in [0.5, 0.6) is 0 Å². The van der Waals surface area contributed by atoms with E-state index in [1.54, 1.807) is 18.5 Å². The van der Waals surface area contributed by atoms with Crippen molar-refractivity contribution in [3.63, 3.8) is 0 Å². The fraction of sp³-hybridized carbons (Fsp3) is 0. The van der Waals surface area contributed by atoms with Crippen molar-refractivity contribution in [3.05, 3.63) is 85.4 Å². The third-order valence-electron chi connectivity index (χ3n) is 3.47. The average molecular weight is 507 g/mol. The van der Waals surface area contributed by atoms with Gasteiger partial charge in [0.2, 0.25) is 0 Å². The van der Waals surface area contributed by atoms with Crippen LogP contribution in [0.25, 0.3) is 21.5 Å². The molecule has 4 rings (SSSR count). The number of rotatable bonds is 0. The van der Waals surface area contributed by atoms with Gasteiger partial charge in [-0.3, -0.25) is 4.79 Å². The zero-order chi connectivity index (χ0) is 17.1. The molecule has 4 aromatic rings. The van der Waals surface area contributed by atoms with Gasteiger partial charge in [0, 0.05) is 42.9 Å². The number of H-pyrrole nitrogens is 1. The van der Waals surface area contributed by atoms with Crippen LogP contribution in [0, 0.1) is 0 Å². The second-order valence-corrected chi connectivity index (χ2v) is 7.01. The second-order valence-electron chi connectivity index (χ2n) is 4.94. The molecule has 0 bridgehead atoms. The topological polar surface area (TPSA) is 75.8 Å². The summed E-state index contributed by atoms with van der Waals surface area (Å²) in [6.07, 6.45) is 3.35. The Bertz CT molecular complexity index is 1050. The summed E-state index contributed by atoms with van der Waals surface area (Å²) in [6, 6.07) is 15.3. The molecule has 0 amide bonds. The first kappa shape index (κ1) is 23.3. The summed E-state index contributed by atoms with van der Waals surface area (Å²) in [5.74, 6) is 0. The summed E-state index contributed by atoms with van der Waals surface area (Å²) in [7, 11) is 0. The Labute approximate surface area is 193 Å². The van der Waals surface area contributed by atoms with Gasteiger partial charge < -0.3 is 10.5 Å². The van der Waals surface area contributed by atoms with Crippen LogP contribution in [0.2, 0.25) is 5.15 Å². The van der Waals surface area contributed by atoms with E-state index in [2.05, 4.69) is 41.8 Å². The summed E-state index contributed by atoms with van der Waals surface area (Å²) in [5.41, 5.74) is -0.0474. The van der Waals surface area contributed by atoms with Crippen LogP contribution in [-0.4, -0.2) is 15.4 Å². The third kappa shape index (κ3) is 5.16. The number of fused-ring (bicyclic) bond motifs is 2. The molecule has 0 spiro atoms. The SMILES string of the molecule is Clc1nccc2c(Br)cccc12.O=c1[nH]ccc2c(Br)cccc12.[Na+].[OH-]. The normalized spacial score (nSPS) is 9.65. The van der Waals surface area contributed by atoms with Crippen LogP contribution in [0.4, 0.5) is 0 Å². The van der Waals surface area contributed by atoms with Gasteiger partial charge in [-0.2, -0.15) is 0 Å². The Kier molecular flexibility index (Phi) is 9.47. The Morgan fingerprint density at radius 2 is 1.42 bits per heavy atom. The Morgan fingerprint density at radius 3 is 2.00 bits per heavy atom. The molecule has 2 aromatic carbocycles. The standard InChI is InChI=1S/C9H5BrClN.C9H6BrNO.Na.H2O/c10-8-3-1-2-7-6(8)4-5-12-9(7)11;10-8-3-1-2-7-6(8)4-5-11-9(7)12;;/h1-5H;1-5H,(H,11,12);;1H2/q;;+1;/p-1. The van der Waals surface area contributed by atoms with E-state index in [9.17, 15) is 4.79 Å². The van der Waals surface area contributed by atoms with E-state index in [1.807, 2.05) is 42.5 Å². The van der Waals surface area contributed by atoms with Crippen LogP contribution in [0.15, 0.2) is 74.7 Å². The van der Waals surface area contributed by atoms with Crippen molar-refractivity contribution in [2.75, 3.05) is 0 Å². The largest absolute Gasteiger partial charge is 1.00 e. The summed E-state index contributed by atoms with van der Waals surface area (Å²) in [5, 5.41) is 4.29. The zero-order valence-corrected chi connectivity index (χ0v) is 19.6. The number of hydrogen-bond donors (Lipinski definition) is 1. The molecule has 4 nitrogen and oxygen atoms in total. The van der Waals surface area contributed by atoms with Crippen molar-refractivity contribution in [1.29, 1.82) is 0 Å². The molecule has 8 heteroatoms. The fourth-order valence-electron chi connectivity index (χ4n) is 2.32. The number of nitrogens with zero attached hydrogens (tertiary/aromatic N) is 1. The van der Waals surface area contributed by atoms with Crippen LogP contribution >= 0.6 is 43.5 Å². The maximum absolute atomic E-state index is 11.3. The molecule has 2 N–H and O–H groups in total. The minimum absolute atomic E-state index is 0. The smallest absolute Gasteiger partial charge is 0.870 e. The molecule has 0 atom stereocenters. The van der Waals surface area contributed by atoms with Crippen molar-refractivity contribution in [2.24, 2.45) is 0 Å². The van der Waals surface area contributed by atoms with E-state index in [0.29, 0.717) is 10.5 Å². The minimum Gasteiger partial charge on any atom is -0.870 e. The molecule has 0 aliphatic rings. The van der Waals surface area contributed by atoms with E-state index >= 15 is 0 Å². The molecule has 0 saturated heterocycles. The molecule has 0 aliphatic heterocycles. The van der Waals surface area contributed by atoms with Crippen molar-refractivity contribution >= 4 is 65.0 Å². The molecule has 128 valence electrons. The van der Waals surface area contributed by atoms with Gasteiger partial charge in [-0.05, 0) is 30.3 Å². The number of nitrogens with one attached hydrogen (secondary N) is 1. The predicted octanol–water partition coefficient (Wildman–Crippen LogP) is 2.77. The third-order valence-corrected chi connectivity index (χ3v) is 5.15. The second kappa shape index (κ2) is 10.6. The zero-order valence-electron chi connectivity index (χ0n) is 13.7. The summed E-state index contributed by atoms with van der Waals surface area (Å²) in [4.78, 5) is 17.9. The first-order chi connectivity index (χ1) is 11.6. The molecule has 0 unspecified atom stereocenters. The molecule has 0 radical (unpaired) electrons. The Morgan fingerprint density at radius 1 is 0.846 bits per heavy atom. The molecule has 0 aliphatic carbocycles. The quantitative estimate of drug-likeness (QED) is 0.294. The first-order valence-corrected chi connectivity index (χ1v) is 8.99. The number of benzene rings is 2. The van der Waals surface area contributed by atoms with Crippen molar-refractivity contribution in [2.45, 2.75) is 0 Å². The van der Waals surface area contributed by atoms with E-state index in [0.717, 1.165) is 25.1 Å². The van der Waals surface area contributed by atoms with Gasteiger partial charge in [-0.25, -0.2) is 4.98 Å². The maximum Gasteiger partial charge on any atom is 1.00 e. The maximum atomic E-state index is 11.3. The molecular weight excluding hydrogens is 494 g/mol. The molecule has 2 heterocycles. The molecule has 2 aromatic heterocycles. The van der Waals surface area contributed by atoms with Crippen molar-refractivity contribution in [1.82, 2.24) is 9.97 Å². The number of halogens is 3. The number of hydrogen-bond acceptors (Lipinski definition) is 3. The fourth-order valence-corrected chi connectivity index (χ4v) is 3.53. The van der Waals surface area contributed by atoms with Gasteiger partial charge in [0.05, 0.1) is 0 Å². The molecule has 26 heavy (non-hydrogen) atoms. The average Bonchev–Trinajstić information content (AvgIpc) is 2.58. The van der Waals surface area contributed by atoms with Gasteiger partial charge >= 0.3 is 29.6 Å². The summed E-state index contributed by atoms with van der Waals surface area (Å²) in [6.45, 7) is 0. The van der Waals surface area contributed by atoms with Crippen molar-refractivity contribution < 1.29 is 35.0 Å². The summed E-state index contributed by atoms with van der Waals surface area (Å²) >= 11 is 12.7. The monoisotopic (exact) mass is 504 g/mol. The van der Waals surface area contributed by atoms with Gasteiger partial charge in [0.15, 0.2) is 0 Å². The van der Waals surface area contributed by atoms with Gasteiger partial charge in [-0.1, -0.05) is 61.7 Å². The Balaban J connectivity index is 0.000000241. The number of aromatic nitrogens is 2. The predicted molar refractivity (Wildman–Crippen MR) is 109 cm³/mol. The number of pyridine rings is 2.